The summed E-state index contributed by atoms with van der Waals surface area (Å²) in [6.07, 6.45) is 3.14. The van der Waals surface area contributed by atoms with Crippen LogP contribution in [0.15, 0.2) is 24.3 Å². The predicted molar refractivity (Wildman–Crippen MR) is 75.9 cm³/mol. The number of fused-ring (bicyclic) bond motifs is 4. The van der Waals surface area contributed by atoms with Crippen molar-refractivity contribution in [3.8, 4) is 5.75 Å². The van der Waals surface area contributed by atoms with Crippen molar-refractivity contribution in [2.75, 3.05) is 0 Å². The zero-order valence-electron chi connectivity index (χ0n) is 12.4. The number of para-hydroxylation sites is 1. The molecule has 1 saturated heterocycles. The average molecular weight is 274 g/mol. The first-order chi connectivity index (χ1) is 9.49. The first-order valence-corrected chi connectivity index (χ1v) is 7.62. The second-order valence-corrected chi connectivity index (χ2v) is 6.93. The smallest absolute Gasteiger partial charge is 0.173 e. The van der Waals surface area contributed by atoms with Crippen LogP contribution < -0.4 is 4.74 Å². The second kappa shape index (κ2) is 3.99. The van der Waals surface area contributed by atoms with Crippen LogP contribution in [-0.2, 0) is 9.47 Å². The van der Waals surface area contributed by atoms with Crippen LogP contribution in [0.2, 0.25) is 0 Å². The second-order valence-electron chi connectivity index (χ2n) is 6.93. The fourth-order valence-corrected chi connectivity index (χ4v) is 4.23. The monoisotopic (exact) mass is 274 g/mol. The molecule has 1 saturated carbocycles. The minimum absolute atomic E-state index is 0.160. The molecule has 2 bridgehead atoms. The van der Waals surface area contributed by atoms with Crippen molar-refractivity contribution in [3.05, 3.63) is 29.8 Å². The molecule has 108 valence electrons. The van der Waals surface area contributed by atoms with Crippen molar-refractivity contribution >= 4 is 0 Å². The van der Waals surface area contributed by atoms with Crippen molar-refractivity contribution in [2.24, 2.45) is 0 Å². The predicted octanol–water partition coefficient (Wildman–Crippen LogP) is 3.63. The highest BCUT2D eigenvalue weighted by molar-refractivity contribution is 5.40. The SMILES string of the molecule is C[C@H]1OC2(C[C@H]3C[C@@](C)(C2)Oc2ccccc23)O[C@@H]1C. The van der Waals surface area contributed by atoms with Gasteiger partial charge in [-0.1, -0.05) is 18.2 Å². The molecule has 3 heteroatoms. The Kier molecular flexibility index (Phi) is 2.52. The van der Waals surface area contributed by atoms with Gasteiger partial charge in [0.1, 0.15) is 11.4 Å². The topological polar surface area (TPSA) is 27.7 Å². The fraction of sp³-hybridized carbons (Fsp3) is 0.647. The summed E-state index contributed by atoms with van der Waals surface area (Å²) in [5.74, 6) is 1.06. The maximum absolute atomic E-state index is 6.29. The molecule has 1 aliphatic carbocycles. The van der Waals surface area contributed by atoms with Crippen LogP contribution in [0.4, 0.5) is 0 Å². The lowest BCUT2D eigenvalue weighted by Crippen LogP contribution is -2.52. The lowest BCUT2D eigenvalue weighted by molar-refractivity contribution is -0.229. The molecule has 1 aromatic carbocycles. The van der Waals surface area contributed by atoms with Crippen molar-refractivity contribution in [2.45, 2.75) is 69.5 Å². The Morgan fingerprint density at radius 1 is 1.05 bits per heavy atom. The van der Waals surface area contributed by atoms with E-state index in [0.29, 0.717) is 5.92 Å². The van der Waals surface area contributed by atoms with Gasteiger partial charge in [-0.15, -0.1) is 0 Å². The van der Waals surface area contributed by atoms with Gasteiger partial charge in [0.2, 0.25) is 0 Å². The van der Waals surface area contributed by atoms with Gasteiger partial charge in [0, 0.05) is 12.8 Å². The van der Waals surface area contributed by atoms with E-state index in [2.05, 4.69) is 39.0 Å². The van der Waals surface area contributed by atoms with Crippen LogP contribution in [0.3, 0.4) is 0 Å². The van der Waals surface area contributed by atoms with Gasteiger partial charge in [-0.3, -0.25) is 0 Å². The van der Waals surface area contributed by atoms with E-state index in [0.717, 1.165) is 25.0 Å². The summed E-state index contributed by atoms with van der Waals surface area (Å²) in [7, 11) is 0. The van der Waals surface area contributed by atoms with Crippen LogP contribution in [0.5, 0.6) is 5.75 Å². The van der Waals surface area contributed by atoms with E-state index in [-0.39, 0.29) is 17.8 Å². The van der Waals surface area contributed by atoms with Gasteiger partial charge >= 0.3 is 0 Å². The minimum atomic E-state index is -0.454. The van der Waals surface area contributed by atoms with E-state index >= 15 is 0 Å². The molecule has 0 amide bonds. The minimum Gasteiger partial charge on any atom is -0.487 e. The summed E-state index contributed by atoms with van der Waals surface area (Å²) in [4.78, 5) is 0. The van der Waals surface area contributed by atoms with Gasteiger partial charge in [-0.2, -0.15) is 0 Å². The van der Waals surface area contributed by atoms with Crippen molar-refractivity contribution in [3.63, 3.8) is 0 Å². The van der Waals surface area contributed by atoms with Gasteiger partial charge in [0.25, 0.3) is 0 Å². The maximum atomic E-state index is 6.29. The number of hydrogen-bond acceptors (Lipinski definition) is 3. The standard InChI is InChI=1S/C17H22O3/c1-11-12(2)19-17(18-11)9-13-8-16(3,10-17)20-15-7-5-4-6-14(13)15/h4-7,11-13H,8-10H2,1-3H3/t11-,12-,13-,16+/m1/s1. The number of ether oxygens (including phenoxy) is 3. The Morgan fingerprint density at radius 2 is 1.75 bits per heavy atom. The van der Waals surface area contributed by atoms with Crippen LogP contribution in [-0.4, -0.2) is 23.6 Å². The summed E-state index contributed by atoms with van der Waals surface area (Å²) in [6.45, 7) is 6.39. The van der Waals surface area contributed by atoms with Gasteiger partial charge < -0.3 is 14.2 Å². The van der Waals surface area contributed by atoms with E-state index in [1.807, 2.05) is 6.07 Å². The molecule has 2 aliphatic heterocycles. The van der Waals surface area contributed by atoms with Crippen LogP contribution in [0, 0.1) is 0 Å². The highest BCUT2D eigenvalue weighted by Gasteiger charge is 2.56. The molecule has 20 heavy (non-hydrogen) atoms. The molecule has 0 unspecified atom stereocenters. The van der Waals surface area contributed by atoms with E-state index in [4.69, 9.17) is 14.2 Å². The Morgan fingerprint density at radius 3 is 2.50 bits per heavy atom. The Hall–Kier alpha value is -1.06. The molecule has 2 fully saturated rings. The number of benzene rings is 1. The lowest BCUT2D eigenvalue weighted by atomic mass is 9.71. The molecule has 1 spiro atoms. The zero-order valence-corrected chi connectivity index (χ0v) is 12.4. The van der Waals surface area contributed by atoms with Crippen LogP contribution in [0.1, 0.15) is 51.5 Å². The molecule has 0 N–H and O–H groups in total. The third-order valence-corrected chi connectivity index (χ3v) is 5.06. The van der Waals surface area contributed by atoms with E-state index in [9.17, 15) is 0 Å². The zero-order chi connectivity index (χ0) is 14.0. The molecule has 1 aromatic rings. The Bertz CT molecular complexity index is 531. The third-order valence-electron chi connectivity index (χ3n) is 5.06. The molecule has 2 heterocycles. The summed E-state index contributed by atoms with van der Waals surface area (Å²) >= 11 is 0. The maximum Gasteiger partial charge on any atom is 0.173 e. The quantitative estimate of drug-likeness (QED) is 0.723. The normalized spacial score (nSPS) is 41.2. The first kappa shape index (κ1) is 12.7. The molecular weight excluding hydrogens is 252 g/mol. The average Bonchev–Trinajstić information content (AvgIpc) is 2.62. The van der Waals surface area contributed by atoms with Crippen LogP contribution >= 0.6 is 0 Å². The van der Waals surface area contributed by atoms with Gasteiger partial charge in [-0.25, -0.2) is 0 Å². The van der Waals surface area contributed by atoms with Gasteiger partial charge in [-0.05, 0) is 44.7 Å². The molecule has 3 aliphatic rings. The summed E-state index contributed by atoms with van der Waals surface area (Å²) in [6, 6.07) is 8.40. The van der Waals surface area contributed by atoms with E-state index < -0.39 is 5.79 Å². The molecule has 3 nitrogen and oxygen atoms in total. The van der Waals surface area contributed by atoms with E-state index in [1.165, 1.54) is 5.56 Å². The van der Waals surface area contributed by atoms with Gasteiger partial charge in [0.15, 0.2) is 5.79 Å². The molecule has 4 rings (SSSR count). The fourth-order valence-electron chi connectivity index (χ4n) is 4.23. The number of hydrogen-bond donors (Lipinski definition) is 0. The molecule has 0 aromatic heterocycles. The first-order valence-electron chi connectivity index (χ1n) is 7.62. The number of rotatable bonds is 0. The Balaban J connectivity index is 1.72. The van der Waals surface area contributed by atoms with Crippen molar-refractivity contribution in [1.29, 1.82) is 0 Å². The molecule has 0 radical (unpaired) electrons. The summed E-state index contributed by atoms with van der Waals surface area (Å²) in [5.41, 5.74) is 1.13. The third kappa shape index (κ3) is 1.80. The van der Waals surface area contributed by atoms with Crippen LogP contribution in [0.25, 0.3) is 0 Å². The van der Waals surface area contributed by atoms with Gasteiger partial charge in [0.05, 0.1) is 12.2 Å². The largest absolute Gasteiger partial charge is 0.487 e. The lowest BCUT2D eigenvalue weighted by Gasteiger charge is -2.50. The molecular formula is C17H22O3. The highest BCUT2D eigenvalue weighted by Crippen LogP contribution is 2.55. The van der Waals surface area contributed by atoms with Crippen molar-refractivity contribution in [1.82, 2.24) is 0 Å². The summed E-state index contributed by atoms with van der Waals surface area (Å²) in [5, 5.41) is 0. The summed E-state index contributed by atoms with van der Waals surface area (Å²) < 4.78 is 18.7. The highest BCUT2D eigenvalue weighted by atomic mass is 16.8. The Labute approximate surface area is 120 Å². The van der Waals surface area contributed by atoms with Crippen molar-refractivity contribution < 1.29 is 14.2 Å². The molecule has 4 atom stereocenters. The van der Waals surface area contributed by atoms with E-state index in [1.54, 1.807) is 0 Å².